The van der Waals surface area contributed by atoms with Gasteiger partial charge < -0.3 is 14.8 Å². The minimum absolute atomic E-state index is 0.0169. The van der Waals surface area contributed by atoms with E-state index in [-0.39, 0.29) is 34.6 Å². The van der Waals surface area contributed by atoms with Crippen LogP contribution in [-0.4, -0.2) is 25.2 Å². The van der Waals surface area contributed by atoms with Crippen molar-refractivity contribution in [3.05, 3.63) is 47.4 Å². The van der Waals surface area contributed by atoms with Crippen molar-refractivity contribution in [2.45, 2.75) is 32.7 Å². The van der Waals surface area contributed by atoms with Gasteiger partial charge in [-0.15, -0.1) is 4.40 Å². The van der Waals surface area contributed by atoms with Crippen LogP contribution < -0.4 is 10.0 Å². The number of phenols is 1. The number of hydrogen-bond donors (Lipinski definition) is 3. The molecular formula is C18H19N5O4S. The molecule has 0 spiro atoms. The Kier molecular flexibility index (Phi) is 5.11. The van der Waals surface area contributed by atoms with E-state index < -0.39 is 16.3 Å². The molecule has 1 atom stereocenters. The smallest absolute Gasteiger partial charge is 0.345 e. The third kappa shape index (κ3) is 3.99. The fourth-order valence-corrected chi connectivity index (χ4v) is 3.35. The van der Waals surface area contributed by atoms with Gasteiger partial charge in [-0.05, 0) is 36.6 Å². The molecule has 0 bridgehead atoms. The molecule has 1 aliphatic heterocycles. The zero-order valence-electron chi connectivity index (χ0n) is 15.5. The highest BCUT2D eigenvalue weighted by molar-refractivity contribution is 7.89. The molecule has 3 N–H and O–H groups in total. The van der Waals surface area contributed by atoms with Crippen LogP contribution in [0.4, 0.5) is 5.69 Å². The number of phenolic OH excluding ortho intramolecular Hbond substituents is 1. The fourth-order valence-electron chi connectivity index (χ4n) is 2.54. The molecule has 0 saturated heterocycles. The van der Waals surface area contributed by atoms with Crippen molar-refractivity contribution in [3.63, 3.8) is 0 Å². The second kappa shape index (κ2) is 7.36. The lowest BCUT2D eigenvalue weighted by Gasteiger charge is -2.10. The number of aromatic hydroxyl groups is 1. The summed E-state index contributed by atoms with van der Waals surface area (Å²) in [5.74, 6) is 0.453. The first-order valence-electron chi connectivity index (χ1n) is 8.48. The van der Waals surface area contributed by atoms with Gasteiger partial charge in [0.05, 0.1) is 17.5 Å². The number of furan rings is 1. The van der Waals surface area contributed by atoms with E-state index in [0.29, 0.717) is 5.76 Å². The van der Waals surface area contributed by atoms with Crippen LogP contribution in [0, 0.1) is 11.3 Å². The Morgan fingerprint density at radius 2 is 2.11 bits per heavy atom. The lowest BCUT2D eigenvalue weighted by molar-refractivity contribution is 0.476. The normalized spacial score (nSPS) is 17.8. The van der Waals surface area contributed by atoms with Crippen molar-refractivity contribution in [1.82, 2.24) is 4.72 Å². The number of nitriles is 1. The fraction of sp³-hybridized carbons (Fsp3) is 0.278. The van der Waals surface area contributed by atoms with Gasteiger partial charge >= 0.3 is 10.2 Å². The number of nitrogens with one attached hydrogen (secondary N) is 2. The Bertz CT molecular complexity index is 1110. The van der Waals surface area contributed by atoms with Gasteiger partial charge in [0.15, 0.2) is 17.4 Å². The molecule has 0 amide bonds. The van der Waals surface area contributed by atoms with E-state index in [9.17, 15) is 13.5 Å². The average Bonchev–Trinajstić information content (AvgIpc) is 3.22. The summed E-state index contributed by atoms with van der Waals surface area (Å²) in [6.45, 7) is 5.83. The predicted molar refractivity (Wildman–Crippen MR) is 105 cm³/mol. The number of rotatable bonds is 4. The monoisotopic (exact) mass is 401 g/mol. The van der Waals surface area contributed by atoms with Crippen LogP contribution in [0.5, 0.6) is 5.75 Å². The molecule has 3 rings (SSSR count). The topological polar surface area (TPSA) is 140 Å². The van der Waals surface area contributed by atoms with Crippen molar-refractivity contribution < 1.29 is 17.9 Å². The van der Waals surface area contributed by atoms with Crippen molar-refractivity contribution >= 4 is 27.6 Å². The number of anilines is 1. The molecule has 0 aliphatic carbocycles. The SMILES string of the molecule is CC(C)c1coc([C@@H](C)N=C2NS(=O)(=O)N=C2Nc2cccc(C#N)c2O)c1. The van der Waals surface area contributed by atoms with Crippen LogP contribution in [0.3, 0.4) is 0 Å². The third-order valence-corrected chi connectivity index (χ3v) is 4.99. The van der Waals surface area contributed by atoms with Crippen LogP contribution in [0.2, 0.25) is 0 Å². The molecule has 2 aromatic rings. The number of para-hydroxylation sites is 1. The van der Waals surface area contributed by atoms with Crippen molar-refractivity contribution in [1.29, 1.82) is 5.26 Å². The number of benzene rings is 1. The highest BCUT2D eigenvalue weighted by Gasteiger charge is 2.28. The Morgan fingerprint density at radius 1 is 1.36 bits per heavy atom. The van der Waals surface area contributed by atoms with Crippen molar-refractivity contribution in [3.8, 4) is 11.8 Å². The van der Waals surface area contributed by atoms with Crippen LogP contribution in [0.25, 0.3) is 0 Å². The second-order valence-electron chi connectivity index (χ2n) is 6.55. The van der Waals surface area contributed by atoms with E-state index in [4.69, 9.17) is 9.68 Å². The maximum Gasteiger partial charge on any atom is 0.345 e. The number of hydrogen-bond acceptors (Lipinski definition) is 7. The first kappa shape index (κ1) is 19.4. The van der Waals surface area contributed by atoms with Crippen LogP contribution in [0.1, 0.15) is 49.6 Å². The summed E-state index contributed by atoms with van der Waals surface area (Å²) in [6.07, 6.45) is 1.65. The Balaban J connectivity index is 1.91. The Hall–Kier alpha value is -3.32. The Morgan fingerprint density at radius 3 is 2.75 bits per heavy atom. The number of aliphatic imine (C=N–C) groups is 1. The van der Waals surface area contributed by atoms with Crippen molar-refractivity contribution in [2.75, 3.05) is 5.32 Å². The van der Waals surface area contributed by atoms with Gasteiger partial charge in [0.25, 0.3) is 0 Å². The summed E-state index contributed by atoms with van der Waals surface area (Å²) < 4.78 is 35.2. The number of nitrogens with zero attached hydrogens (tertiary/aromatic N) is 3. The van der Waals surface area contributed by atoms with Crippen LogP contribution >= 0.6 is 0 Å². The third-order valence-electron chi connectivity index (χ3n) is 4.11. The zero-order valence-corrected chi connectivity index (χ0v) is 16.3. The summed E-state index contributed by atoms with van der Waals surface area (Å²) in [4.78, 5) is 4.36. The molecule has 2 heterocycles. The summed E-state index contributed by atoms with van der Waals surface area (Å²) in [5, 5.41) is 21.8. The second-order valence-corrected chi connectivity index (χ2v) is 7.88. The van der Waals surface area contributed by atoms with Crippen molar-refractivity contribution in [2.24, 2.45) is 9.39 Å². The van der Waals surface area contributed by atoms with Gasteiger partial charge in [0.1, 0.15) is 17.9 Å². The van der Waals surface area contributed by atoms with E-state index >= 15 is 0 Å². The van der Waals surface area contributed by atoms with Gasteiger partial charge in [0.2, 0.25) is 0 Å². The van der Waals surface area contributed by atoms with E-state index in [1.165, 1.54) is 12.1 Å². The maximum absolute atomic E-state index is 11.9. The van der Waals surface area contributed by atoms with E-state index in [1.807, 2.05) is 26.0 Å². The van der Waals surface area contributed by atoms with E-state index in [0.717, 1.165) is 5.56 Å². The van der Waals surface area contributed by atoms with Gasteiger partial charge in [-0.2, -0.15) is 13.7 Å². The largest absolute Gasteiger partial charge is 0.504 e. The predicted octanol–water partition coefficient (Wildman–Crippen LogP) is 2.80. The highest BCUT2D eigenvalue weighted by atomic mass is 32.2. The maximum atomic E-state index is 11.9. The van der Waals surface area contributed by atoms with Gasteiger partial charge in [-0.1, -0.05) is 19.9 Å². The minimum Gasteiger partial charge on any atom is -0.504 e. The summed E-state index contributed by atoms with van der Waals surface area (Å²) in [6, 6.07) is 7.72. The average molecular weight is 401 g/mol. The molecule has 10 heteroatoms. The van der Waals surface area contributed by atoms with Crippen LogP contribution in [-0.2, 0) is 10.2 Å². The first-order chi connectivity index (χ1) is 13.2. The minimum atomic E-state index is -3.96. The lowest BCUT2D eigenvalue weighted by Crippen LogP contribution is -2.31. The van der Waals surface area contributed by atoms with Gasteiger partial charge in [-0.25, -0.2) is 4.72 Å². The lowest BCUT2D eigenvalue weighted by atomic mass is 10.1. The summed E-state index contributed by atoms with van der Waals surface area (Å²) >= 11 is 0. The molecule has 1 aromatic carbocycles. The zero-order chi connectivity index (χ0) is 20.5. The number of amidine groups is 2. The first-order valence-corrected chi connectivity index (χ1v) is 9.92. The Labute approximate surface area is 162 Å². The summed E-state index contributed by atoms with van der Waals surface area (Å²) in [7, 11) is -3.96. The molecule has 0 unspecified atom stereocenters. The molecule has 146 valence electrons. The highest BCUT2D eigenvalue weighted by Crippen LogP contribution is 2.28. The van der Waals surface area contributed by atoms with E-state index in [1.54, 1.807) is 19.3 Å². The molecular weight excluding hydrogens is 382 g/mol. The molecule has 0 fully saturated rings. The quantitative estimate of drug-likeness (QED) is 0.673. The molecule has 1 aliphatic rings. The van der Waals surface area contributed by atoms with Crippen LogP contribution in [0.15, 0.2) is 44.3 Å². The molecule has 0 radical (unpaired) electrons. The van der Waals surface area contributed by atoms with E-state index in [2.05, 4.69) is 19.4 Å². The van der Waals surface area contributed by atoms with Gasteiger partial charge in [-0.3, -0.25) is 4.99 Å². The standard InChI is InChI=1S/C18H19N5O4S/c1-10(2)13-7-15(27-9-13)11(3)20-17-18(23-28(25,26)22-17)21-14-6-4-5-12(8-19)16(14)24/h4-7,9-11,24H,1-3H3,(H,20,22)(H,21,23)/t11-/m1/s1. The molecule has 0 saturated carbocycles. The summed E-state index contributed by atoms with van der Waals surface area (Å²) in [5.41, 5.74) is 1.19. The molecule has 1 aromatic heterocycles. The molecule has 28 heavy (non-hydrogen) atoms. The molecule has 9 nitrogen and oxygen atoms in total. The van der Waals surface area contributed by atoms with Gasteiger partial charge in [0, 0.05) is 0 Å².